The zero-order chi connectivity index (χ0) is 51.2. The summed E-state index contributed by atoms with van der Waals surface area (Å²) >= 11 is 3.25. The predicted molar refractivity (Wildman–Crippen MR) is 280 cm³/mol. The molecule has 3 aliphatic heterocycles. The van der Waals surface area contributed by atoms with Crippen molar-refractivity contribution in [3.05, 3.63) is 122 Å². The van der Waals surface area contributed by atoms with Crippen LogP contribution >= 0.6 is 22.7 Å². The number of β-amino-alcohol motifs (C(OH)–C–C–N with tert-alkyl or cyclic N) is 1. The largest absolute Gasteiger partial charge is 0.469 e. The number of esters is 1. The minimum absolute atomic E-state index is 0.00753. The van der Waals surface area contributed by atoms with Crippen LogP contribution in [0.3, 0.4) is 0 Å². The van der Waals surface area contributed by atoms with Gasteiger partial charge in [-0.1, -0.05) is 63.2 Å². The van der Waals surface area contributed by atoms with Crippen LogP contribution in [0.25, 0.3) is 15.4 Å². The summed E-state index contributed by atoms with van der Waals surface area (Å²) in [7, 11) is 1.38. The number of rotatable bonds is 13. The summed E-state index contributed by atoms with van der Waals surface area (Å²) in [5, 5.41) is 23.7. The Labute approximate surface area is 428 Å². The molecule has 0 saturated carbocycles. The molecule has 2 amide bonds. The van der Waals surface area contributed by atoms with Gasteiger partial charge in [0.05, 0.1) is 53.4 Å². The summed E-state index contributed by atoms with van der Waals surface area (Å²) in [5.74, 6) is -0.0603. The van der Waals surface area contributed by atoms with Gasteiger partial charge in [-0.3, -0.25) is 28.7 Å². The number of aryl methyl sites for hydroxylation is 3. The Kier molecular flexibility index (Phi) is 14.3. The third-order valence-electron chi connectivity index (χ3n) is 14.3. The van der Waals surface area contributed by atoms with E-state index >= 15 is 0 Å². The Morgan fingerprint density at radius 1 is 0.903 bits per heavy atom. The average molecular weight is 1010 g/mol. The molecule has 2 fully saturated rings. The number of thiophene rings is 1. The zero-order valence-corrected chi connectivity index (χ0v) is 43.9. The second-order valence-corrected chi connectivity index (χ2v) is 22.2. The van der Waals surface area contributed by atoms with Crippen molar-refractivity contribution in [2.75, 3.05) is 49.6 Å². The number of hydrogen-bond donors (Lipinski definition) is 2. The van der Waals surface area contributed by atoms with Gasteiger partial charge in [-0.05, 0) is 81.0 Å². The van der Waals surface area contributed by atoms with Crippen LogP contribution in [0.15, 0.2) is 77.2 Å². The molecule has 7 heterocycles. The van der Waals surface area contributed by atoms with E-state index < -0.39 is 29.5 Å². The van der Waals surface area contributed by atoms with Crippen LogP contribution in [0.5, 0.6) is 0 Å². The molecule has 72 heavy (non-hydrogen) atoms. The number of nitrogens with one attached hydrogen (secondary N) is 1. The molecular weight excluding hydrogens is 949 g/mol. The lowest BCUT2D eigenvalue weighted by molar-refractivity contribution is -0.144. The van der Waals surface area contributed by atoms with E-state index in [9.17, 15) is 24.3 Å². The molecular formula is C54H62N10O6S2. The molecule has 2 aromatic carbocycles. The fourth-order valence-corrected chi connectivity index (χ4v) is 12.0. The molecule has 5 atom stereocenters. The van der Waals surface area contributed by atoms with E-state index in [0.717, 1.165) is 73.7 Å². The number of anilines is 2. The number of ketones is 1. The first-order chi connectivity index (χ1) is 34.4. The lowest BCUT2D eigenvalue weighted by atomic mass is 9.76. The van der Waals surface area contributed by atoms with Crippen molar-refractivity contribution in [1.29, 1.82) is 0 Å². The highest BCUT2D eigenvalue weighted by atomic mass is 32.1. The molecule has 3 aliphatic rings. The maximum Gasteiger partial charge on any atom is 0.308 e. The van der Waals surface area contributed by atoms with Crippen molar-refractivity contribution in [1.82, 2.24) is 34.9 Å². The quantitative estimate of drug-likeness (QED) is 0.0841. The molecule has 2 N–H and O–H groups in total. The van der Waals surface area contributed by atoms with E-state index in [4.69, 9.17) is 14.7 Å². The zero-order valence-electron chi connectivity index (χ0n) is 42.3. The Morgan fingerprint density at radius 3 is 2.26 bits per heavy atom. The molecule has 16 nitrogen and oxygen atoms in total. The fourth-order valence-electron chi connectivity index (χ4n) is 10.00. The molecule has 18 heteroatoms. The van der Waals surface area contributed by atoms with E-state index in [2.05, 4.69) is 68.4 Å². The number of carbonyl (C=O) groups excluding carboxylic acids is 4. The van der Waals surface area contributed by atoms with Crippen molar-refractivity contribution in [2.45, 2.75) is 98.9 Å². The number of hydrogen-bond acceptors (Lipinski definition) is 15. The van der Waals surface area contributed by atoms with E-state index in [1.807, 2.05) is 88.0 Å². The topological polar surface area (TPSA) is 188 Å². The van der Waals surface area contributed by atoms with Gasteiger partial charge in [0.15, 0.2) is 11.6 Å². The number of methoxy groups -OCH3 is 1. The number of fused-ring (bicyclic) bond motifs is 3. The third kappa shape index (κ3) is 10.1. The monoisotopic (exact) mass is 1010 g/mol. The summed E-state index contributed by atoms with van der Waals surface area (Å²) in [6.07, 6.45) is -0.823. The minimum Gasteiger partial charge on any atom is -0.469 e. The van der Waals surface area contributed by atoms with Gasteiger partial charge in [-0.15, -0.1) is 32.9 Å². The SMILES string of the molecule is COC(=O)C[C@@H]1N=C(c2ccc(N3CCN(c4cccc(C(=O)C[C@H](C(=O)N5C[C@H](O)C[C@H]5C(=O)N[C@@H](C)c5ccc(-c6scnc6C)cc5)C(C)(C)C)n4)CC3)cc2)c2c(sc(C)c2C)-n2c(C)nnc21. The standard InChI is InChI=1S/C54H62N10O6S2/c1-30-33(4)72-53-47(30)48(58-42(27-46(67)70-9)50-60-59-34(5)64(50)53)36-17-19-38(20-18-36)61-21-23-62(24-22-61)45-12-10-11-41(57-45)44(66)26-40(54(6,7)8)52(69)63-28-39(65)25-43(63)51(68)56-31(2)35-13-15-37(16-14-35)49-32(3)55-29-71-49/h10-20,29,31,39-40,42-43,65H,21-28H2,1-9H3,(H,56,68)/t31-,39+,40+,42-,43-/m0/s1. The van der Waals surface area contributed by atoms with Crippen LogP contribution in [0, 0.1) is 39.0 Å². The maximum absolute atomic E-state index is 14.5. The van der Waals surface area contributed by atoms with Gasteiger partial charge < -0.3 is 29.9 Å². The molecule has 9 rings (SSSR count). The van der Waals surface area contributed by atoms with Gasteiger partial charge in [-0.25, -0.2) is 9.97 Å². The van der Waals surface area contributed by atoms with Crippen molar-refractivity contribution < 1.29 is 29.0 Å². The molecule has 0 bridgehead atoms. The number of pyridine rings is 1. The lowest BCUT2D eigenvalue weighted by Crippen LogP contribution is -2.50. The Bertz CT molecular complexity index is 3040. The van der Waals surface area contributed by atoms with Crippen LogP contribution in [0.2, 0.25) is 0 Å². The number of aliphatic hydroxyl groups is 1. The highest BCUT2D eigenvalue weighted by Crippen LogP contribution is 2.40. The van der Waals surface area contributed by atoms with E-state index in [0.29, 0.717) is 24.7 Å². The summed E-state index contributed by atoms with van der Waals surface area (Å²) in [4.78, 5) is 77.8. The van der Waals surface area contributed by atoms with E-state index in [1.165, 1.54) is 16.9 Å². The first-order valence-electron chi connectivity index (χ1n) is 24.5. The van der Waals surface area contributed by atoms with E-state index in [-0.39, 0.29) is 61.1 Å². The predicted octanol–water partition coefficient (Wildman–Crippen LogP) is 7.94. The number of ether oxygens (including phenoxy) is 1. The Balaban J connectivity index is 0.845. The summed E-state index contributed by atoms with van der Waals surface area (Å²) in [6, 6.07) is 20.0. The molecule has 376 valence electrons. The second-order valence-electron chi connectivity index (χ2n) is 20.1. The van der Waals surface area contributed by atoms with Crippen LogP contribution in [-0.2, 0) is 19.1 Å². The Hall–Kier alpha value is -6.63. The van der Waals surface area contributed by atoms with Crippen LogP contribution < -0.4 is 15.1 Å². The van der Waals surface area contributed by atoms with Crippen LogP contribution in [0.4, 0.5) is 11.5 Å². The van der Waals surface area contributed by atoms with Gasteiger partial charge in [0.2, 0.25) is 11.8 Å². The van der Waals surface area contributed by atoms with Gasteiger partial charge in [0.25, 0.3) is 0 Å². The molecule has 4 aromatic heterocycles. The first kappa shape index (κ1) is 50.3. The number of Topliss-reactive ketones (excluding diaryl/α,β-unsaturated/α-hetero) is 1. The smallest absolute Gasteiger partial charge is 0.308 e. The van der Waals surface area contributed by atoms with Crippen molar-refractivity contribution in [3.63, 3.8) is 0 Å². The molecule has 2 saturated heterocycles. The summed E-state index contributed by atoms with van der Waals surface area (Å²) in [6.45, 7) is 18.6. The van der Waals surface area contributed by atoms with Crippen LogP contribution in [-0.4, -0.2) is 116 Å². The van der Waals surface area contributed by atoms with Crippen molar-refractivity contribution in [3.8, 4) is 15.4 Å². The number of benzene rings is 2. The number of aliphatic imine (C=N–C) groups is 1. The lowest BCUT2D eigenvalue weighted by Gasteiger charge is -2.37. The van der Waals surface area contributed by atoms with Gasteiger partial charge in [-0.2, -0.15) is 0 Å². The second kappa shape index (κ2) is 20.5. The van der Waals surface area contributed by atoms with Crippen LogP contribution in [0.1, 0.15) is 114 Å². The summed E-state index contributed by atoms with van der Waals surface area (Å²) in [5.41, 5.74) is 9.32. The number of carbonyl (C=O) groups is 4. The highest BCUT2D eigenvalue weighted by molar-refractivity contribution is 7.15. The van der Waals surface area contributed by atoms with Crippen molar-refractivity contribution >= 4 is 63.5 Å². The Morgan fingerprint density at radius 2 is 1.60 bits per heavy atom. The maximum atomic E-state index is 14.5. The molecule has 0 spiro atoms. The van der Waals surface area contributed by atoms with Gasteiger partial charge in [0, 0.05) is 67.3 Å². The first-order valence-corrected chi connectivity index (χ1v) is 26.2. The number of nitrogens with zero attached hydrogens (tertiary/aromatic N) is 9. The van der Waals surface area contributed by atoms with E-state index in [1.54, 1.807) is 28.7 Å². The van der Waals surface area contributed by atoms with Crippen molar-refractivity contribution in [2.24, 2.45) is 16.3 Å². The number of amides is 2. The number of thiazole rings is 1. The molecule has 6 aromatic rings. The number of aliphatic hydroxyl groups excluding tert-OH is 1. The summed E-state index contributed by atoms with van der Waals surface area (Å²) < 4.78 is 7.08. The molecule has 0 unspecified atom stereocenters. The van der Waals surface area contributed by atoms with Gasteiger partial charge in [0.1, 0.15) is 34.4 Å². The fraction of sp³-hybridized carbons (Fsp3) is 0.426. The number of aromatic nitrogens is 5. The average Bonchev–Trinajstić information content (AvgIpc) is 4.14. The minimum atomic E-state index is -0.882. The molecule has 0 aliphatic carbocycles. The third-order valence-corrected chi connectivity index (χ3v) is 16.5. The molecule has 0 radical (unpaired) electrons. The number of piperazine rings is 1. The highest BCUT2D eigenvalue weighted by Gasteiger charge is 2.45. The normalized spacial score (nSPS) is 18.7. The van der Waals surface area contributed by atoms with Gasteiger partial charge >= 0.3 is 5.97 Å². The number of likely N-dealkylation sites (tertiary alicyclic amines) is 1.